The van der Waals surface area contributed by atoms with Crippen molar-refractivity contribution in [3.05, 3.63) is 23.5 Å². The number of rotatable bonds is 7. The minimum atomic E-state index is -0.0342. The van der Waals surface area contributed by atoms with Gasteiger partial charge in [0.05, 0.1) is 18.8 Å². The number of hydrogen-bond acceptors (Lipinski definition) is 5. The van der Waals surface area contributed by atoms with E-state index in [0.717, 1.165) is 10.7 Å². The number of nitrogens with one attached hydrogen (secondary N) is 2. The summed E-state index contributed by atoms with van der Waals surface area (Å²) in [6.45, 7) is 1.95. The molecular weight excluding hydrogens is 252 g/mol. The second-order valence-electron chi connectivity index (χ2n) is 3.77. The van der Waals surface area contributed by atoms with E-state index in [1.54, 1.807) is 18.4 Å². The largest absolute Gasteiger partial charge is 0.383 e. The number of aromatic nitrogens is 2. The van der Waals surface area contributed by atoms with E-state index < -0.39 is 0 Å². The molecule has 0 aliphatic carbocycles. The van der Waals surface area contributed by atoms with Gasteiger partial charge in [-0.1, -0.05) is 0 Å². The highest BCUT2D eigenvalue weighted by Gasteiger charge is 2.03. The van der Waals surface area contributed by atoms with Crippen LogP contribution in [0.15, 0.2) is 17.8 Å². The van der Waals surface area contributed by atoms with Crippen LogP contribution in [-0.4, -0.2) is 42.1 Å². The number of hydrogen-bond donors (Lipinski definition) is 2. The van der Waals surface area contributed by atoms with Crippen molar-refractivity contribution < 1.29 is 9.53 Å². The molecule has 0 aliphatic rings. The molecule has 18 heavy (non-hydrogen) atoms. The number of amides is 1. The molecule has 0 saturated heterocycles. The van der Waals surface area contributed by atoms with Gasteiger partial charge in [0.25, 0.3) is 0 Å². The van der Waals surface area contributed by atoms with Gasteiger partial charge in [-0.05, 0) is 0 Å². The Kier molecular flexibility index (Phi) is 4.68. The van der Waals surface area contributed by atoms with Crippen LogP contribution in [-0.2, 0) is 16.1 Å². The molecule has 2 rings (SSSR count). The molecule has 7 heteroatoms. The third-order valence-electron chi connectivity index (χ3n) is 2.36. The Labute approximate surface area is 109 Å². The molecule has 2 heterocycles. The van der Waals surface area contributed by atoms with E-state index in [2.05, 4.69) is 15.6 Å². The molecule has 0 unspecified atom stereocenters. The van der Waals surface area contributed by atoms with Crippen LogP contribution < -0.4 is 10.6 Å². The third-order valence-corrected chi connectivity index (χ3v) is 3.13. The van der Waals surface area contributed by atoms with Crippen LogP contribution in [0.3, 0.4) is 0 Å². The number of fused-ring (bicyclic) bond motifs is 1. The summed E-state index contributed by atoms with van der Waals surface area (Å²) in [6.07, 6.45) is 3.93. The summed E-state index contributed by atoms with van der Waals surface area (Å²) in [5.41, 5.74) is 0.937. The molecule has 6 nitrogen and oxygen atoms in total. The van der Waals surface area contributed by atoms with Crippen LogP contribution in [0, 0.1) is 0 Å². The fraction of sp³-hybridized carbons (Fsp3) is 0.455. The minimum absolute atomic E-state index is 0.0342. The number of carbonyl (C=O) groups excluding carboxylic acids is 1. The first-order valence-electron chi connectivity index (χ1n) is 5.67. The predicted molar refractivity (Wildman–Crippen MR) is 69.7 cm³/mol. The van der Waals surface area contributed by atoms with Crippen LogP contribution in [0.25, 0.3) is 4.96 Å². The highest BCUT2D eigenvalue weighted by molar-refractivity contribution is 7.15. The van der Waals surface area contributed by atoms with Crippen molar-refractivity contribution in [3.8, 4) is 0 Å². The van der Waals surface area contributed by atoms with Gasteiger partial charge in [0.15, 0.2) is 4.96 Å². The number of methoxy groups -OCH3 is 1. The summed E-state index contributed by atoms with van der Waals surface area (Å²) in [6, 6.07) is 0. The van der Waals surface area contributed by atoms with Crippen molar-refractivity contribution in [1.29, 1.82) is 0 Å². The molecule has 2 aromatic rings. The van der Waals surface area contributed by atoms with Crippen LogP contribution in [0.4, 0.5) is 0 Å². The van der Waals surface area contributed by atoms with Crippen molar-refractivity contribution in [2.45, 2.75) is 6.54 Å². The summed E-state index contributed by atoms with van der Waals surface area (Å²) < 4.78 is 6.82. The summed E-state index contributed by atoms with van der Waals surface area (Å²) in [4.78, 5) is 16.8. The third kappa shape index (κ3) is 3.52. The van der Waals surface area contributed by atoms with E-state index in [9.17, 15) is 4.79 Å². The SMILES string of the molecule is COCCNC(=O)CNCc1cn2ccsc2n1. The topological polar surface area (TPSA) is 67.7 Å². The van der Waals surface area contributed by atoms with E-state index in [4.69, 9.17) is 4.74 Å². The Morgan fingerprint density at radius 3 is 3.28 bits per heavy atom. The van der Waals surface area contributed by atoms with Gasteiger partial charge in [-0.2, -0.15) is 0 Å². The van der Waals surface area contributed by atoms with Gasteiger partial charge in [-0.3, -0.25) is 9.20 Å². The van der Waals surface area contributed by atoms with Crippen LogP contribution in [0.1, 0.15) is 5.69 Å². The van der Waals surface area contributed by atoms with Crippen molar-refractivity contribution in [1.82, 2.24) is 20.0 Å². The van der Waals surface area contributed by atoms with E-state index in [1.165, 1.54) is 0 Å². The highest BCUT2D eigenvalue weighted by atomic mass is 32.1. The maximum Gasteiger partial charge on any atom is 0.234 e. The zero-order valence-corrected chi connectivity index (χ0v) is 11.0. The van der Waals surface area contributed by atoms with Gasteiger partial charge in [-0.15, -0.1) is 11.3 Å². The van der Waals surface area contributed by atoms with Crippen LogP contribution >= 0.6 is 11.3 Å². The summed E-state index contributed by atoms with van der Waals surface area (Å²) in [5, 5.41) is 7.79. The lowest BCUT2D eigenvalue weighted by Crippen LogP contribution is -2.35. The summed E-state index contributed by atoms with van der Waals surface area (Å²) in [7, 11) is 1.61. The van der Waals surface area contributed by atoms with E-state index in [0.29, 0.717) is 19.7 Å². The first-order chi connectivity index (χ1) is 8.79. The molecule has 0 saturated carbocycles. The van der Waals surface area contributed by atoms with E-state index in [-0.39, 0.29) is 12.5 Å². The molecule has 0 fully saturated rings. The number of carbonyl (C=O) groups is 1. The molecule has 0 bridgehead atoms. The second-order valence-corrected chi connectivity index (χ2v) is 4.64. The lowest BCUT2D eigenvalue weighted by atomic mass is 10.4. The number of imidazole rings is 1. The van der Waals surface area contributed by atoms with Gasteiger partial charge < -0.3 is 15.4 Å². The van der Waals surface area contributed by atoms with Crippen molar-refractivity contribution in [2.24, 2.45) is 0 Å². The smallest absolute Gasteiger partial charge is 0.234 e. The standard InChI is InChI=1S/C11H16N4O2S/c1-17-4-2-13-10(16)7-12-6-9-8-15-3-5-18-11(15)14-9/h3,5,8,12H,2,4,6-7H2,1H3,(H,13,16). The molecule has 0 spiro atoms. The number of ether oxygens (including phenoxy) is 1. The Morgan fingerprint density at radius 2 is 2.50 bits per heavy atom. The van der Waals surface area contributed by atoms with Crippen molar-refractivity contribution in [2.75, 3.05) is 26.8 Å². The molecule has 0 aromatic carbocycles. The lowest BCUT2D eigenvalue weighted by molar-refractivity contribution is -0.120. The highest BCUT2D eigenvalue weighted by Crippen LogP contribution is 2.10. The number of nitrogens with zero attached hydrogens (tertiary/aromatic N) is 2. The molecule has 2 N–H and O–H groups in total. The first kappa shape index (κ1) is 13.0. The molecule has 0 atom stereocenters. The Morgan fingerprint density at radius 1 is 1.61 bits per heavy atom. The number of thiazole rings is 1. The second kappa shape index (κ2) is 6.48. The zero-order valence-electron chi connectivity index (χ0n) is 10.2. The Bertz CT molecular complexity index is 479. The normalized spacial score (nSPS) is 10.9. The van der Waals surface area contributed by atoms with Crippen molar-refractivity contribution >= 4 is 22.2 Å². The molecule has 1 amide bonds. The van der Waals surface area contributed by atoms with Gasteiger partial charge in [0.2, 0.25) is 5.91 Å². The fourth-order valence-corrected chi connectivity index (χ4v) is 2.24. The maximum absolute atomic E-state index is 11.4. The molecular formula is C11H16N4O2S. The van der Waals surface area contributed by atoms with Crippen molar-refractivity contribution in [3.63, 3.8) is 0 Å². The minimum Gasteiger partial charge on any atom is -0.383 e. The Balaban J connectivity index is 1.69. The average molecular weight is 268 g/mol. The zero-order chi connectivity index (χ0) is 12.8. The van der Waals surface area contributed by atoms with E-state index in [1.807, 2.05) is 22.2 Å². The summed E-state index contributed by atoms with van der Waals surface area (Å²) in [5.74, 6) is -0.0342. The Hall–Kier alpha value is -1.44. The molecule has 2 aromatic heterocycles. The lowest BCUT2D eigenvalue weighted by Gasteiger charge is -2.04. The molecule has 98 valence electrons. The van der Waals surface area contributed by atoms with Gasteiger partial charge in [-0.25, -0.2) is 4.98 Å². The van der Waals surface area contributed by atoms with Crippen LogP contribution in [0.5, 0.6) is 0 Å². The van der Waals surface area contributed by atoms with E-state index >= 15 is 0 Å². The predicted octanol–water partition coefficient (Wildman–Crippen LogP) is 0.248. The molecule has 0 aliphatic heterocycles. The monoisotopic (exact) mass is 268 g/mol. The first-order valence-corrected chi connectivity index (χ1v) is 6.55. The van der Waals surface area contributed by atoms with Crippen LogP contribution in [0.2, 0.25) is 0 Å². The van der Waals surface area contributed by atoms with Gasteiger partial charge in [0, 0.05) is 38.0 Å². The molecule has 0 radical (unpaired) electrons. The van der Waals surface area contributed by atoms with Gasteiger partial charge >= 0.3 is 0 Å². The fourth-order valence-electron chi connectivity index (χ4n) is 1.52. The van der Waals surface area contributed by atoms with Gasteiger partial charge in [0.1, 0.15) is 0 Å². The average Bonchev–Trinajstić information content (AvgIpc) is 2.90. The summed E-state index contributed by atoms with van der Waals surface area (Å²) >= 11 is 1.59. The quantitative estimate of drug-likeness (QED) is 0.706. The maximum atomic E-state index is 11.4.